The summed E-state index contributed by atoms with van der Waals surface area (Å²) in [6.45, 7) is 7.91. The molecule has 0 saturated heterocycles. The van der Waals surface area contributed by atoms with Crippen molar-refractivity contribution in [1.82, 2.24) is 0 Å². The summed E-state index contributed by atoms with van der Waals surface area (Å²) in [7, 11) is 0. The number of halogens is 1. The quantitative estimate of drug-likeness (QED) is 0.571. The van der Waals surface area contributed by atoms with E-state index in [1.807, 2.05) is 6.92 Å². The largest absolute Gasteiger partial charge is 0.244 e. The average Bonchev–Trinajstić information content (AvgIpc) is 2.00. The van der Waals surface area contributed by atoms with Gasteiger partial charge >= 0.3 is 0 Å². The lowest BCUT2D eigenvalue weighted by molar-refractivity contribution is 0.136. The molecule has 0 aliphatic carbocycles. The lowest BCUT2D eigenvalue weighted by Gasteiger charge is -2.23. The van der Waals surface area contributed by atoms with Crippen LogP contribution in [0.3, 0.4) is 0 Å². The molecule has 68 valence electrons. The first kappa shape index (κ1) is 10.9. The van der Waals surface area contributed by atoms with Gasteiger partial charge in [-0.25, -0.2) is 4.39 Å². The summed E-state index contributed by atoms with van der Waals surface area (Å²) in [6, 6.07) is 0. The fraction of sp³-hybridized carbons (Fsp3) is 1.00. The van der Waals surface area contributed by atoms with Gasteiger partial charge in [-0.15, -0.1) is 0 Å². The Morgan fingerprint density at radius 2 is 1.64 bits per heavy atom. The molecule has 11 heavy (non-hydrogen) atoms. The van der Waals surface area contributed by atoms with Crippen molar-refractivity contribution in [3.8, 4) is 0 Å². The molecule has 0 bridgehead atoms. The molecule has 1 atom stereocenters. The van der Waals surface area contributed by atoms with E-state index in [1.54, 1.807) is 6.92 Å². The van der Waals surface area contributed by atoms with E-state index in [4.69, 9.17) is 0 Å². The van der Waals surface area contributed by atoms with Crippen molar-refractivity contribution in [2.45, 2.75) is 59.0 Å². The molecule has 0 fully saturated rings. The highest BCUT2D eigenvalue weighted by atomic mass is 19.1. The normalized spacial score (nSPS) is 16.9. The zero-order chi connectivity index (χ0) is 8.91. The maximum absolute atomic E-state index is 13.4. The molecule has 0 spiro atoms. The lowest BCUT2D eigenvalue weighted by atomic mass is 9.88. The second-order valence-electron chi connectivity index (χ2n) is 3.65. The van der Waals surface area contributed by atoms with Crippen LogP contribution < -0.4 is 0 Å². The molecule has 0 saturated carbocycles. The Labute approximate surface area is 70.2 Å². The second kappa shape index (κ2) is 4.74. The van der Waals surface area contributed by atoms with Gasteiger partial charge in [-0.05, 0) is 25.7 Å². The van der Waals surface area contributed by atoms with Crippen LogP contribution in [-0.2, 0) is 0 Å². The van der Waals surface area contributed by atoms with Gasteiger partial charge in [-0.3, -0.25) is 0 Å². The Kier molecular flexibility index (Phi) is 4.71. The minimum atomic E-state index is -0.934. The Balaban J connectivity index is 3.79. The summed E-state index contributed by atoms with van der Waals surface area (Å²) in [4.78, 5) is 0. The standard InChI is InChI=1S/C10H21F/c1-5-9(6-2)8-10(4,11)7-3/h9H,5-8H2,1-4H3. The van der Waals surface area contributed by atoms with Crippen molar-refractivity contribution >= 4 is 0 Å². The van der Waals surface area contributed by atoms with Crippen LogP contribution in [0.4, 0.5) is 4.39 Å². The van der Waals surface area contributed by atoms with Gasteiger partial charge in [0.25, 0.3) is 0 Å². The predicted molar refractivity (Wildman–Crippen MR) is 48.5 cm³/mol. The summed E-state index contributed by atoms with van der Waals surface area (Å²) < 4.78 is 13.4. The van der Waals surface area contributed by atoms with E-state index >= 15 is 0 Å². The Bertz CT molecular complexity index is 93.0. The zero-order valence-corrected chi connectivity index (χ0v) is 8.28. The Hall–Kier alpha value is -0.0700. The number of hydrogen-bond donors (Lipinski definition) is 0. The molecular formula is C10H21F. The van der Waals surface area contributed by atoms with Gasteiger partial charge in [0.2, 0.25) is 0 Å². The highest BCUT2D eigenvalue weighted by Crippen LogP contribution is 2.27. The molecule has 1 heteroatoms. The number of alkyl halides is 1. The van der Waals surface area contributed by atoms with Crippen LogP contribution in [0.5, 0.6) is 0 Å². The molecule has 0 amide bonds. The van der Waals surface area contributed by atoms with Crippen molar-refractivity contribution in [2.75, 3.05) is 0 Å². The van der Waals surface area contributed by atoms with Crippen LogP contribution in [0.1, 0.15) is 53.4 Å². The average molecular weight is 160 g/mol. The first-order valence-corrected chi connectivity index (χ1v) is 4.74. The molecule has 0 aromatic heterocycles. The van der Waals surface area contributed by atoms with Crippen molar-refractivity contribution in [2.24, 2.45) is 5.92 Å². The fourth-order valence-electron chi connectivity index (χ4n) is 1.32. The SMILES string of the molecule is CCC(CC)CC(C)(F)CC. The Morgan fingerprint density at radius 1 is 1.18 bits per heavy atom. The molecule has 0 radical (unpaired) electrons. The van der Waals surface area contributed by atoms with Crippen LogP contribution in [0.15, 0.2) is 0 Å². The topological polar surface area (TPSA) is 0 Å². The van der Waals surface area contributed by atoms with E-state index in [0.29, 0.717) is 12.3 Å². The van der Waals surface area contributed by atoms with Crippen molar-refractivity contribution in [1.29, 1.82) is 0 Å². The van der Waals surface area contributed by atoms with E-state index in [1.165, 1.54) is 0 Å². The first-order chi connectivity index (χ1) is 5.05. The van der Waals surface area contributed by atoms with E-state index in [9.17, 15) is 4.39 Å². The van der Waals surface area contributed by atoms with Crippen LogP contribution in [0.2, 0.25) is 0 Å². The van der Waals surface area contributed by atoms with Gasteiger partial charge < -0.3 is 0 Å². The fourth-order valence-corrected chi connectivity index (χ4v) is 1.32. The zero-order valence-electron chi connectivity index (χ0n) is 8.28. The van der Waals surface area contributed by atoms with E-state index < -0.39 is 5.67 Å². The second-order valence-corrected chi connectivity index (χ2v) is 3.65. The molecule has 0 aromatic carbocycles. The summed E-state index contributed by atoms with van der Waals surface area (Å²) in [5.41, 5.74) is -0.934. The van der Waals surface area contributed by atoms with Gasteiger partial charge in [0, 0.05) is 0 Å². The molecule has 0 aliphatic heterocycles. The highest BCUT2D eigenvalue weighted by molar-refractivity contribution is 4.74. The van der Waals surface area contributed by atoms with E-state index in [2.05, 4.69) is 13.8 Å². The minimum Gasteiger partial charge on any atom is -0.244 e. The van der Waals surface area contributed by atoms with E-state index in [0.717, 1.165) is 19.3 Å². The van der Waals surface area contributed by atoms with Crippen LogP contribution >= 0.6 is 0 Å². The smallest absolute Gasteiger partial charge is 0.108 e. The van der Waals surface area contributed by atoms with Gasteiger partial charge in [0.05, 0.1) is 0 Å². The van der Waals surface area contributed by atoms with Crippen LogP contribution in [0.25, 0.3) is 0 Å². The summed E-state index contributed by atoms with van der Waals surface area (Å²) in [5.74, 6) is 0.574. The van der Waals surface area contributed by atoms with E-state index in [-0.39, 0.29) is 0 Å². The Morgan fingerprint density at radius 3 is 1.91 bits per heavy atom. The molecule has 0 nitrogen and oxygen atoms in total. The maximum Gasteiger partial charge on any atom is 0.108 e. The molecule has 0 heterocycles. The third-order valence-electron chi connectivity index (χ3n) is 2.61. The minimum absolute atomic E-state index is 0.574. The maximum atomic E-state index is 13.4. The van der Waals surface area contributed by atoms with Crippen molar-refractivity contribution in [3.05, 3.63) is 0 Å². The van der Waals surface area contributed by atoms with Gasteiger partial charge in [0.1, 0.15) is 5.67 Å². The summed E-state index contributed by atoms with van der Waals surface area (Å²) in [6.07, 6.45) is 3.59. The lowest BCUT2D eigenvalue weighted by Crippen LogP contribution is -2.20. The van der Waals surface area contributed by atoms with Crippen LogP contribution in [-0.4, -0.2) is 5.67 Å². The van der Waals surface area contributed by atoms with Gasteiger partial charge in [-0.1, -0.05) is 33.6 Å². The molecule has 0 rings (SSSR count). The summed E-state index contributed by atoms with van der Waals surface area (Å²) in [5, 5.41) is 0. The number of hydrogen-bond acceptors (Lipinski definition) is 0. The van der Waals surface area contributed by atoms with Crippen LogP contribution in [0, 0.1) is 5.92 Å². The predicted octanol–water partition coefficient (Wildman–Crippen LogP) is 3.95. The third-order valence-corrected chi connectivity index (χ3v) is 2.61. The molecule has 0 aromatic rings. The molecule has 0 N–H and O–H groups in total. The van der Waals surface area contributed by atoms with Gasteiger partial charge in [0.15, 0.2) is 0 Å². The summed E-state index contributed by atoms with van der Waals surface area (Å²) >= 11 is 0. The third kappa shape index (κ3) is 4.39. The molecule has 0 aliphatic rings. The monoisotopic (exact) mass is 160 g/mol. The molecule has 1 unspecified atom stereocenters. The number of rotatable bonds is 5. The molecular weight excluding hydrogens is 139 g/mol. The highest BCUT2D eigenvalue weighted by Gasteiger charge is 2.23. The van der Waals surface area contributed by atoms with Crippen molar-refractivity contribution < 1.29 is 4.39 Å². The first-order valence-electron chi connectivity index (χ1n) is 4.74. The van der Waals surface area contributed by atoms with Gasteiger partial charge in [-0.2, -0.15) is 0 Å². The van der Waals surface area contributed by atoms with Crippen molar-refractivity contribution in [3.63, 3.8) is 0 Å².